The number of hydrogen-bond acceptors (Lipinski definition) is 4. The van der Waals surface area contributed by atoms with Gasteiger partial charge in [-0.25, -0.2) is 0 Å². The Morgan fingerprint density at radius 2 is 1.14 bits per heavy atom. The smallest absolute Gasteiger partial charge is 0.0186 e. The lowest BCUT2D eigenvalue weighted by Crippen LogP contribution is -1.86. The van der Waals surface area contributed by atoms with Crippen LogP contribution in [0.4, 0.5) is 0 Å². The van der Waals surface area contributed by atoms with Crippen molar-refractivity contribution in [3.8, 4) is 22.3 Å². The van der Waals surface area contributed by atoms with Crippen LogP contribution in [-0.4, -0.2) is 0 Å². The fraction of sp³-hybridized carbons (Fsp3) is 0. The molecule has 0 fully saturated rings. The topological polar surface area (TPSA) is 0 Å². The van der Waals surface area contributed by atoms with Gasteiger partial charge < -0.3 is 0 Å². The van der Waals surface area contributed by atoms with E-state index in [0.29, 0.717) is 0 Å². The van der Waals surface area contributed by atoms with Crippen LogP contribution in [0.15, 0.2) is 82.6 Å². The Kier molecular flexibility index (Phi) is 5.47. The molecule has 110 valence electrons. The second-order valence-corrected chi connectivity index (χ2v) is 7.18. The minimum Gasteiger partial charge on any atom is -0.106 e. The zero-order valence-electron chi connectivity index (χ0n) is 11.6. The van der Waals surface area contributed by atoms with Crippen LogP contribution in [0, 0.1) is 0 Å². The summed E-state index contributed by atoms with van der Waals surface area (Å²) in [4.78, 5) is 2.30. The molecular formula is C18H14S4. The third-order valence-corrected chi connectivity index (χ3v) is 5.66. The van der Waals surface area contributed by atoms with Gasteiger partial charge in [0, 0.05) is 9.79 Å². The lowest BCUT2D eigenvalue weighted by molar-refractivity contribution is 1.43. The van der Waals surface area contributed by atoms with Gasteiger partial charge in [0.05, 0.1) is 0 Å². The normalized spacial score (nSPS) is 10.6. The molecule has 0 bridgehead atoms. The number of rotatable bonds is 4. The van der Waals surface area contributed by atoms with Crippen molar-refractivity contribution in [3.63, 3.8) is 0 Å². The first-order valence-electron chi connectivity index (χ1n) is 6.74. The predicted molar refractivity (Wildman–Crippen MR) is 107 cm³/mol. The summed E-state index contributed by atoms with van der Waals surface area (Å²) in [7, 11) is 2.93. The maximum absolute atomic E-state index is 4.32. The van der Waals surface area contributed by atoms with E-state index >= 15 is 0 Å². The summed E-state index contributed by atoms with van der Waals surface area (Å²) in [6, 6.07) is 25.4. The highest BCUT2D eigenvalue weighted by atomic mass is 33.1. The summed E-state index contributed by atoms with van der Waals surface area (Å²) in [5.41, 5.74) is 4.88. The van der Waals surface area contributed by atoms with Gasteiger partial charge in [0.15, 0.2) is 0 Å². The fourth-order valence-corrected chi connectivity index (χ4v) is 3.65. The molecule has 0 aliphatic carbocycles. The zero-order valence-corrected chi connectivity index (χ0v) is 15.1. The molecule has 0 aliphatic heterocycles. The second-order valence-electron chi connectivity index (χ2n) is 4.78. The molecule has 3 aromatic carbocycles. The van der Waals surface area contributed by atoms with E-state index in [-0.39, 0.29) is 0 Å². The quantitative estimate of drug-likeness (QED) is 0.385. The maximum Gasteiger partial charge on any atom is 0.0186 e. The first-order chi connectivity index (χ1) is 10.8. The molecule has 0 aromatic heterocycles. The predicted octanol–water partition coefficient (Wildman–Crippen LogP) is 6.89. The molecule has 0 nitrogen and oxygen atoms in total. The van der Waals surface area contributed by atoms with Crippen molar-refractivity contribution in [2.45, 2.75) is 9.79 Å². The van der Waals surface area contributed by atoms with Crippen molar-refractivity contribution < 1.29 is 0 Å². The number of benzene rings is 3. The largest absolute Gasteiger partial charge is 0.106 e. The van der Waals surface area contributed by atoms with Crippen molar-refractivity contribution in [2.24, 2.45) is 0 Å². The van der Waals surface area contributed by atoms with Crippen molar-refractivity contribution in [1.29, 1.82) is 0 Å². The summed E-state index contributed by atoms with van der Waals surface area (Å²) >= 11 is 8.56. The van der Waals surface area contributed by atoms with E-state index in [4.69, 9.17) is 0 Å². The first kappa shape index (κ1) is 15.9. The molecular weight excluding hydrogens is 344 g/mol. The molecule has 3 aromatic rings. The zero-order chi connectivity index (χ0) is 15.4. The van der Waals surface area contributed by atoms with Crippen LogP contribution in [0.3, 0.4) is 0 Å². The lowest BCUT2D eigenvalue weighted by Gasteiger charge is -2.12. The Morgan fingerprint density at radius 3 is 1.77 bits per heavy atom. The van der Waals surface area contributed by atoms with Crippen LogP contribution in [0.5, 0.6) is 0 Å². The average molecular weight is 359 g/mol. The third kappa shape index (κ3) is 3.51. The lowest BCUT2D eigenvalue weighted by atomic mass is 9.95. The van der Waals surface area contributed by atoms with E-state index in [1.807, 2.05) is 6.07 Å². The van der Waals surface area contributed by atoms with Crippen molar-refractivity contribution in [1.82, 2.24) is 0 Å². The van der Waals surface area contributed by atoms with E-state index in [0.717, 1.165) is 9.79 Å². The molecule has 3 rings (SSSR count). The molecule has 0 spiro atoms. The SMILES string of the molecule is SSc1ccc(-c2ccc(SS)cc2-c2ccccc2)cc1. The van der Waals surface area contributed by atoms with Crippen LogP contribution in [-0.2, 0) is 0 Å². The van der Waals surface area contributed by atoms with Crippen molar-refractivity contribution in [3.05, 3.63) is 72.8 Å². The average Bonchev–Trinajstić information content (AvgIpc) is 2.62. The first-order valence-corrected chi connectivity index (χ1v) is 10.5. The molecule has 0 unspecified atom stereocenters. The highest BCUT2D eigenvalue weighted by molar-refractivity contribution is 8.68. The van der Waals surface area contributed by atoms with E-state index in [1.54, 1.807) is 0 Å². The maximum atomic E-state index is 4.32. The van der Waals surface area contributed by atoms with Gasteiger partial charge in [-0.1, -0.05) is 70.1 Å². The molecule has 0 atom stereocenters. The summed E-state index contributed by atoms with van der Waals surface area (Å²) in [5.74, 6) is 0. The van der Waals surface area contributed by atoms with Crippen LogP contribution < -0.4 is 0 Å². The highest BCUT2D eigenvalue weighted by Gasteiger charge is 2.09. The van der Waals surface area contributed by atoms with Gasteiger partial charge in [0.1, 0.15) is 0 Å². The molecule has 4 heteroatoms. The minimum absolute atomic E-state index is 1.15. The molecule has 0 aliphatic rings. The Labute approximate surface area is 149 Å². The van der Waals surface area contributed by atoms with E-state index in [9.17, 15) is 0 Å². The van der Waals surface area contributed by atoms with E-state index < -0.39 is 0 Å². The molecule has 0 radical (unpaired) electrons. The van der Waals surface area contributed by atoms with Gasteiger partial charge in [-0.2, -0.15) is 0 Å². The molecule has 0 saturated heterocycles. The van der Waals surface area contributed by atoms with Gasteiger partial charge in [-0.05, 0) is 46.5 Å². The Balaban J connectivity index is 2.14. The summed E-state index contributed by atoms with van der Waals surface area (Å²) in [5, 5.41) is 0. The number of hydrogen-bond donors (Lipinski definition) is 2. The molecule has 0 amide bonds. The second kappa shape index (κ2) is 7.55. The minimum atomic E-state index is 1.15. The van der Waals surface area contributed by atoms with Crippen molar-refractivity contribution >= 4 is 44.9 Å². The van der Waals surface area contributed by atoms with Crippen LogP contribution >= 0.6 is 44.9 Å². The summed E-state index contributed by atoms with van der Waals surface area (Å²) in [6.07, 6.45) is 0. The molecule has 0 heterocycles. The van der Waals surface area contributed by atoms with Crippen molar-refractivity contribution in [2.75, 3.05) is 0 Å². The van der Waals surface area contributed by atoms with Gasteiger partial charge in [0.2, 0.25) is 0 Å². The van der Waals surface area contributed by atoms with E-state index in [2.05, 4.69) is 90.1 Å². The van der Waals surface area contributed by atoms with Gasteiger partial charge in [-0.15, -0.1) is 23.3 Å². The van der Waals surface area contributed by atoms with Gasteiger partial charge >= 0.3 is 0 Å². The Hall–Kier alpha value is -0.940. The molecule has 22 heavy (non-hydrogen) atoms. The van der Waals surface area contributed by atoms with Crippen LogP contribution in [0.25, 0.3) is 22.3 Å². The Morgan fingerprint density at radius 1 is 0.545 bits per heavy atom. The van der Waals surface area contributed by atoms with Gasteiger partial charge in [-0.3, -0.25) is 0 Å². The summed E-state index contributed by atoms with van der Waals surface area (Å²) in [6.45, 7) is 0. The standard InChI is InChI=1S/C18H14S4/c19-21-15-8-6-14(7-9-15)17-11-10-16(22-20)12-18(17)13-4-2-1-3-5-13/h1-12,19-20H. The third-order valence-electron chi connectivity index (χ3n) is 3.45. The highest BCUT2D eigenvalue weighted by Crippen LogP contribution is 2.36. The monoisotopic (exact) mass is 358 g/mol. The molecule has 0 N–H and O–H groups in total. The van der Waals surface area contributed by atoms with E-state index in [1.165, 1.54) is 43.8 Å². The van der Waals surface area contributed by atoms with Gasteiger partial charge in [0.25, 0.3) is 0 Å². The van der Waals surface area contributed by atoms with Crippen LogP contribution in [0.2, 0.25) is 0 Å². The molecule has 0 saturated carbocycles. The summed E-state index contributed by atoms with van der Waals surface area (Å²) < 4.78 is 0. The van der Waals surface area contributed by atoms with Crippen LogP contribution in [0.1, 0.15) is 0 Å². The fourth-order valence-electron chi connectivity index (χ4n) is 2.38. The number of thiol groups is 2. The Bertz CT molecular complexity index is 752.